The summed E-state index contributed by atoms with van der Waals surface area (Å²) in [5.41, 5.74) is 25.1. The number of furan rings is 1. The molecule has 0 fully saturated rings. The Morgan fingerprint density at radius 3 is 1.67 bits per heavy atom. The zero-order chi connectivity index (χ0) is 53.2. The van der Waals surface area contributed by atoms with Crippen molar-refractivity contribution in [2.45, 2.75) is 169 Å². The molecule has 2 aromatic heterocycles. The van der Waals surface area contributed by atoms with Gasteiger partial charge >= 0.3 is 0 Å². The van der Waals surface area contributed by atoms with Gasteiger partial charge in [0.15, 0.2) is 0 Å². The smallest absolute Gasteiger partial charge is 0.260 e. The fraction of sp³-hybridized carbons (Fsp3) is 0.371. The van der Waals surface area contributed by atoms with Crippen LogP contribution in [0.3, 0.4) is 0 Å². The first-order chi connectivity index (χ1) is 35.2. The number of fused-ring (bicyclic) bond motifs is 11. The number of hydrogen-bond donors (Lipinski definition) is 0. The molecule has 2 unspecified atom stereocenters. The molecule has 382 valence electrons. The van der Waals surface area contributed by atoms with Crippen LogP contribution >= 0.6 is 11.3 Å². The molecule has 2 aliphatic heterocycles. The molecule has 4 heterocycles. The monoisotopic (exact) mass is 1000 g/mol. The molecule has 5 heteroatoms. The lowest BCUT2D eigenvalue weighted by molar-refractivity contribution is 0.586. The van der Waals surface area contributed by atoms with Crippen LogP contribution in [0.25, 0.3) is 32.4 Å². The van der Waals surface area contributed by atoms with Gasteiger partial charge in [0.25, 0.3) is 6.71 Å². The molecule has 2 aliphatic carbocycles. The summed E-state index contributed by atoms with van der Waals surface area (Å²) in [5.74, 6) is 0.358. The van der Waals surface area contributed by atoms with Crippen LogP contribution in [0.4, 0.5) is 22.7 Å². The Balaban J connectivity index is 1.19. The van der Waals surface area contributed by atoms with Crippen molar-refractivity contribution in [2.24, 2.45) is 0 Å². The van der Waals surface area contributed by atoms with E-state index in [2.05, 4.69) is 266 Å². The Hall–Kier alpha value is -6.04. The molecule has 0 bridgehead atoms. The van der Waals surface area contributed by atoms with Crippen molar-refractivity contribution < 1.29 is 4.42 Å². The lowest BCUT2D eigenvalue weighted by Crippen LogP contribution is -2.60. The maximum absolute atomic E-state index is 7.02. The van der Waals surface area contributed by atoms with Gasteiger partial charge < -0.3 is 14.2 Å². The van der Waals surface area contributed by atoms with Gasteiger partial charge in [-0.1, -0.05) is 183 Å². The zero-order valence-corrected chi connectivity index (χ0v) is 48.7. The van der Waals surface area contributed by atoms with E-state index in [1.807, 2.05) is 0 Å². The molecular weight excluding hydrogens is 928 g/mol. The Kier molecular flexibility index (Phi) is 11.1. The number of rotatable bonds is 3. The maximum Gasteiger partial charge on any atom is 0.260 e. The number of allylic oxidation sites excluding steroid dienone is 1. The van der Waals surface area contributed by atoms with Crippen molar-refractivity contribution in [1.82, 2.24) is 0 Å². The first-order valence-electron chi connectivity index (χ1n) is 27.8. The third-order valence-corrected chi connectivity index (χ3v) is 18.8. The van der Waals surface area contributed by atoms with Crippen molar-refractivity contribution >= 4 is 73.0 Å². The SMILES string of the molecule is CC1=CC2=C3B(c4cc5oc6ccc(C(C)(C)C)cc6c5cc4N(c4ccc(C(C)(C)C)cc4)C3C1)c1sc3c(c1N2c1ccc(C(C)(C)C)cc1)[C@@H](C)C(c1ccc(C(C)(C)C)cc1)c1ccc(C(C)(C)C)cc1-3. The first-order valence-corrected chi connectivity index (χ1v) is 28.6. The summed E-state index contributed by atoms with van der Waals surface area (Å²) in [6.45, 7) is 39.8. The molecular formula is C70H77BN2OS. The maximum atomic E-state index is 7.02. The number of nitrogens with zero attached hydrogens (tertiary/aromatic N) is 2. The molecule has 0 spiro atoms. The van der Waals surface area contributed by atoms with E-state index in [-0.39, 0.29) is 51.7 Å². The molecule has 0 saturated carbocycles. The van der Waals surface area contributed by atoms with E-state index in [0.29, 0.717) is 0 Å². The second kappa shape index (κ2) is 16.7. The van der Waals surface area contributed by atoms with E-state index >= 15 is 0 Å². The number of hydrogen-bond acceptors (Lipinski definition) is 4. The van der Waals surface area contributed by atoms with E-state index < -0.39 is 0 Å². The molecule has 0 radical (unpaired) electrons. The van der Waals surface area contributed by atoms with Gasteiger partial charge in [0.05, 0.1) is 11.7 Å². The highest BCUT2D eigenvalue weighted by atomic mass is 32.1. The van der Waals surface area contributed by atoms with E-state index in [1.165, 1.54) is 115 Å². The molecule has 75 heavy (non-hydrogen) atoms. The van der Waals surface area contributed by atoms with Crippen LogP contribution in [0.15, 0.2) is 149 Å². The van der Waals surface area contributed by atoms with Gasteiger partial charge in [-0.15, -0.1) is 11.3 Å². The minimum atomic E-state index is -0.0154. The molecule has 0 N–H and O–H groups in total. The minimum Gasteiger partial charge on any atom is -0.456 e. The molecule has 0 saturated heterocycles. The molecule has 3 nitrogen and oxygen atoms in total. The van der Waals surface area contributed by atoms with Crippen molar-refractivity contribution in [1.29, 1.82) is 0 Å². The van der Waals surface area contributed by atoms with Gasteiger partial charge in [-0.05, 0) is 168 Å². The van der Waals surface area contributed by atoms with Crippen LogP contribution in [0.1, 0.15) is 180 Å². The lowest BCUT2D eigenvalue weighted by atomic mass is 9.33. The summed E-state index contributed by atoms with van der Waals surface area (Å²) >= 11 is 2.07. The molecule has 8 aromatic rings. The second-order valence-corrected chi connectivity index (χ2v) is 29.1. The highest BCUT2D eigenvalue weighted by molar-refractivity contribution is 7.30. The first kappa shape index (κ1) is 49.8. The normalized spacial score (nSPS) is 18.8. The highest BCUT2D eigenvalue weighted by Gasteiger charge is 2.52. The average molecular weight is 1010 g/mol. The van der Waals surface area contributed by atoms with Crippen LogP contribution in [-0.4, -0.2) is 12.8 Å². The summed E-state index contributed by atoms with van der Waals surface area (Å²) in [5, 5.41) is 2.37. The summed E-state index contributed by atoms with van der Waals surface area (Å²) in [7, 11) is 0. The third kappa shape index (κ3) is 8.03. The van der Waals surface area contributed by atoms with E-state index in [1.54, 1.807) is 0 Å². The molecule has 0 amide bonds. The fourth-order valence-electron chi connectivity index (χ4n) is 13.1. The summed E-state index contributed by atoms with van der Waals surface area (Å²) < 4.78 is 8.46. The van der Waals surface area contributed by atoms with E-state index in [9.17, 15) is 0 Å². The average Bonchev–Trinajstić information content (AvgIpc) is 3.91. The molecule has 3 atom stereocenters. The molecule has 4 aliphatic rings. The Bertz CT molecular complexity index is 3680. The highest BCUT2D eigenvalue weighted by Crippen LogP contribution is 2.59. The van der Waals surface area contributed by atoms with Crippen LogP contribution in [-0.2, 0) is 27.1 Å². The number of benzene rings is 6. The third-order valence-electron chi connectivity index (χ3n) is 17.5. The fourth-order valence-corrected chi connectivity index (χ4v) is 14.7. The largest absolute Gasteiger partial charge is 0.456 e. The van der Waals surface area contributed by atoms with Crippen LogP contribution in [0, 0.1) is 0 Å². The standard InChI is InChI=1S/C70H77BN2OS/c1-40-34-56-62-57(35-40)73(49-30-24-45(25-31-49)68(9,10)11)63-61-41(2)60(42-18-20-43(21-19-42)66(3,4)5)50-32-26-46(69(12,13)14)37-53(50)64(61)75-65(63)71(62)54-39-59-52(51-36-47(70(15,16)17)27-33-58(51)74-59)38-55(54)72(56)48-28-22-44(23-29-48)67(6,7)8/h18-33,35-39,41,56,60H,34H2,1-17H3/t41-,56?,60?/m0/s1. The van der Waals surface area contributed by atoms with Gasteiger partial charge in [-0.2, -0.15) is 0 Å². The van der Waals surface area contributed by atoms with Crippen molar-refractivity contribution in [3.05, 3.63) is 189 Å². The summed E-state index contributed by atoms with van der Waals surface area (Å²) in [6.07, 6.45) is 3.50. The predicted molar refractivity (Wildman–Crippen MR) is 325 cm³/mol. The van der Waals surface area contributed by atoms with Gasteiger partial charge in [-0.3, -0.25) is 0 Å². The molecule has 6 aromatic carbocycles. The van der Waals surface area contributed by atoms with E-state index in [0.717, 1.165) is 17.6 Å². The van der Waals surface area contributed by atoms with Crippen molar-refractivity contribution in [3.63, 3.8) is 0 Å². The Morgan fingerprint density at radius 2 is 1.08 bits per heavy atom. The summed E-state index contributed by atoms with van der Waals surface area (Å²) in [6, 6.07) is 48.2. The Labute approximate surface area is 452 Å². The van der Waals surface area contributed by atoms with E-state index in [4.69, 9.17) is 4.42 Å². The quantitative estimate of drug-likeness (QED) is 0.164. The Morgan fingerprint density at radius 1 is 0.560 bits per heavy atom. The summed E-state index contributed by atoms with van der Waals surface area (Å²) in [4.78, 5) is 6.87. The van der Waals surface area contributed by atoms with Gasteiger partial charge in [0.1, 0.15) is 11.2 Å². The number of anilines is 4. The zero-order valence-electron chi connectivity index (χ0n) is 47.9. The van der Waals surface area contributed by atoms with Gasteiger partial charge in [0.2, 0.25) is 0 Å². The topological polar surface area (TPSA) is 19.6 Å². The van der Waals surface area contributed by atoms with Crippen LogP contribution < -0.4 is 20.0 Å². The van der Waals surface area contributed by atoms with Crippen LogP contribution in [0.2, 0.25) is 0 Å². The second-order valence-electron chi connectivity index (χ2n) is 28.0. The lowest BCUT2D eigenvalue weighted by Gasteiger charge is -2.50. The van der Waals surface area contributed by atoms with Gasteiger partial charge in [0, 0.05) is 49.1 Å². The van der Waals surface area contributed by atoms with Gasteiger partial charge in [-0.25, -0.2) is 0 Å². The van der Waals surface area contributed by atoms with Crippen molar-refractivity contribution in [2.75, 3.05) is 9.80 Å². The van der Waals surface area contributed by atoms with Crippen molar-refractivity contribution in [3.8, 4) is 10.4 Å². The predicted octanol–water partition coefficient (Wildman–Crippen LogP) is 18.5. The number of thiophene rings is 1. The minimum absolute atomic E-state index is 0.00287. The van der Waals surface area contributed by atoms with Crippen LogP contribution in [0.5, 0.6) is 0 Å². The molecule has 12 rings (SSSR count).